The van der Waals surface area contributed by atoms with Gasteiger partial charge in [-0.25, -0.2) is 9.36 Å². The molecular formula is C15H20N6O2. The maximum absolute atomic E-state index is 12.6. The van der Waals surface area contributed by atoms with Crippen LogP contribution < -0.4 is 5.56 Å². The quantitative estimate of drug-likeness (QED) is 0.781. The van der Waals surface area contributed by atoms with E-state index in [1.165, 1.54) is 10.7 Å². The molecule has 0 radical (unpaired) electrons. The molecule has 8 nitrogen and oxygen atoms in total. The number of hydrogen-bond donors (Lipinski definition) is 0. The van der Waals surface area contributed by atoms with Gasteiger partial charge in [0.25, 0.3) is 5.56 Å². The highest BCUT2D eigenvalue weighted by Gasteiger charge is 2.26. The minimum atomic E-state index is -0.638. The first-order chi connectivity index (χ1) is 11.1. The van der Waals surface area contributed by atoms with Crippen molar-refractivity contribution < 1.29 is 4.79 Å². The number of hydrogen-bond acceptors (Lipinski definition) is 5. The summed E-state index contributed by atoms with van der Waals surface area (Å²) >= 11 is 0. The summed E-state index contributed by atoms with van der Waals surface area (Å²) in [5, 5.41) is 8.39. The van der Waals surface area contributed by atoms with Gasteiger partial charge < -0.3 is 9.80 Å². The number of carbonyl (C=O) groups excluding carboxylic acids is 1. The van der Waals surface area contributed by atoms with Crippen LogP contribution in [-0.4, -0.2) is 68.5 Å². The molecule has 3 rings (SSSR count). The molecule has 1 saturated heterocycles. The van der Waals surface area contributed by atoms with E-state index in [-0.39, 0.29) is 11.5 Å². The van der Waals surface area contributed by atoms with E-state index in [0.29, 0.717) is 18.9 Å². The Morgan fingerprint density at radius 2 is 1.96 bits per heavy atom. The lowest BCUT2D eigenvalue weighted by Gasteiger charge is -2.34. The average molecular weight is 316 g/mol. The molecule has 1 atom stereocenters. The zero-order chi connectivity index (χ0) is 16.4. The van der Waals surface area contributed by atoms with Crippen LogP contribution in [0, 0.1) is 0 Å². The molecule has 0 spiro atoms. The molecule has 122 valence electrons. The zero-order valence-corrected chi connectivity index (χ0v) is 13.3. The third kappa shape index (κ3) is 3.16. The summed E-state index contributed by atoms with van der Waals surface area (Å²) in [6.45, 7) is 4.74. The number of nitrogens with zero attached hydrogens (tertiary/aromatic N) is 6. The topological polar surface area (TPSA) is 76.3 Å². The van der Waals surface area contributed by atoms with Crippen molar-refractivity contribution in [1.82, 2.24) is 29.4 Å². The van der Waals surface area contributed by atoms with E-state index >= 15 is 0 Å². The fourth-order valence-corrected chi connectivity index (χ4v) is 2.61. The maximum Gasteiger partial charge on any atom is 0.267 e. The standard InChI is InChI=1S/C15H20N6O2/c1-12(15(23)19-10-8-18(2)9-11-19)21-14(22)5-4-13(17-21)20-7-3-6-16-20/h3-7,12H,8-11H2,1-2H3. The summed E-state index contributed by atoms with van der Waals surface area (Å²) in [5.41, 5.74) is -0.295. The van der Waals surface area contributed by atoms with Crippen LogP contribution in [0.3, 0.4) is 0 Å². The largest absolute Gasteiger partial charge is 0.338 e. The Kier molecular flexibility index (Phi) is 4.24. The molecule has 1 amide bonds. The van der Waals surface area contributed by atoms with Gasteiger partial charge in [0, 0.05) is 44.6 Å². The summed E-state index contributed by atoms with van der Waals surface area (Å²) in [7, 11) is 2.03. The summed E-state index contributed by atoms with van der Waals surface area (Å²) in [6, 6.07) is 4.15. The molecule has 1 unspecified atom stereocenters. The van der Waals surface area contributed by atoms with Gasteiger partial charge in [-0.15, -0.1) is 5.10 Å². The second-order valence-corrected chi connectivity index (χ2v) is 5.73. The van der Waals surface area contributed by atoms with Crippen LogP contribution >= 0.6 is 0 Å². The first-order valence-electron chi connectivity index (χ1n) is 7.63. The van der Waals surface area contributed by atoms with E-state index in [1.807, 2.05) is 7.05 Å². The predicted octanol–water partition coefficient (Wildman–Crippen LogP) is -0.236. The van der Waals surface area contributed by atoms with Crippen molar-refractivity contribution in [2.75, 3.05) is 33.2 Å². The highest BCUT2D eigenvalue weighted by atomic mass is 16.2. The highest BCUT2D eigenvalue weighted by molar-refractivity contribution is 5.80. The molecule has 3 heterocycles. The van der Waals surface area contributed by atoms with Gasteiger partial charge >= 0.3 is 0 Å². The Morgan fingerprint density at radius 3 is 2.61 bits per heavy atom. The minimum absolute atomic E-state index is 0.0784. The second kappa shape index (κ2) is 6.33. The second-order valence-electron chi connectivity index (χ2n) is 5.73. The van der Waals surface area contributed by atoms with Gasteiger partial charge in [0.05, 0.1) is 0 Å². The van der Waals surface area contributed by atoms with E-state index in [9.17, 15) is 9.59 Å². The number of rotatable bonds is 3. The van der Waals surface area contributed by atoms with Crippen molar-refractivity contribution in [3.8, 4) is 5.82 Å². The molecule has 1 aliphatic heterocycles. The van der Waals surface area contributed by atoms with Crippen LogP contribution in [0.2, 0.25) is 0 Å². The smallest absolute Gasteiger partial charge is 0.267 e. The molecular weight excluding hydrogens is 296 g/mol. The van der Waals surface area contributed by atoms with Crippen LogP contribution in [0.25, 0.3) is 5.82 Å². The van der Waals surface area contributed by atoms with Gasteiger partial charge in [-0.2, -0.15) is 5.10 Å². The van der Waals surface area contributed by atoms with Gasteiger partial charge in [-0.3, -0.25) is 9.59 Å². The Labute approximate surface area is 133 Å². The third-order valence-corrected chi connectivity index (χ3v) is 4.09. The normalized spacial score (nSPS) is 17.2. The van der Waals surface area contributed by atoms with Gasteiger partial charge in [0.1, 0.15) is 6.04 Å². The SMILES string of the molecule is CC(C(=O)N1CCN(C)CC1)n1nc(-n2cccn2)ccc1=O. The van der Waals surface area contributed by atoms with Gasteiger partial charge in [-0.05, 0) is 26.1 Å². The number of carbonyl (C=O) groups is 1. The molecule has 1 aliphatic rings. The zero-order valence-electron chi connectivity index (χ0n) is 13.3. The van der Waals surface area contributed by atoms with E-state index < -0.39 is 6.04 Å². The lowest BCUT2D eigenvalue weighted by Crippen LogP contribution is -2.49. The first-order valence-corrected chi connectivity index (χ1v) is 7.63. The Bertz CT molecular complexity index is 731. The van der Waals surface area contributed by atoms with Crippen molar-refractivity contribution in [3.63, 3.8) is 0 Å². The molecule has 0 saturated carbocycles. The number of likely N-dealkylation sites (N-methyl/N-ethyl adjacent to an activating group) is 1. The van der Waals surface area contributed by atoms with E-state index in [2.05, 4.69) is 15.1 Å². The third-order valence-electron chi connectivity index (χ3n) is 4.09. The summed E-state index contributed by atoms with van der Waals surface area (Å²) in [5.74, 6) is 0.429. The van der Waals surface area contributed by atoms with Crippen molar-refractivity contribution in [2.24, 2.45) is 0 Å². The lowest BCUT2D eigenvalue weighted by molar-refractivity contribution is -0.136. The lowest BCUT2D eigenvalue weighted by atomic mass is 10.2. The van der Waals surface area contributed by atoms with E-state index in [4.69, 9.17) is 0 Å². The van der Waals surface area contributed by atoms with Crippen molar-refractivity contribution >= 4 is 5.91 Å². The Balaban J connectivity index is 1.84. The van der Waals surface area contributed by atoms with Gasteiger partial charge in [0.15, 0.2) is 5.82 Å². The molecule has 0 N–H and O–H groups in total. The molecule has 2 aromatic heterocycles. The van der Waals surface area contributed by atoms with E-state index in [0.717, 1.165) is 13.1 Å². The molecule has 23 heavy (non-hydrogen) atoms. The number of piperazine rings is 1. The van der Waals surface area contributed by atoms with Crippen LogP contribution in [0.5, 0.6) is 0 Å². The summed E-state index contributed by atoms with van der Waals surface area (Å²) < 4.78 is 2.79. The van der Waals surface area contributed by atoms with Gasteiger partial charge in [0.2, 0.25) is 5.91 Å². The predicted molar refractivity (Wildman–Crippen MR) is 84.4 cm³/mol. The summed E-state index contributed by atoms with van der Waals surface area (Å²) in [6.07, 6.45) is 3.38. The molecule has 0 aromatic carbocycles. The van der Waals surface area contributed by atoms with E-state index in [1.54, 1.807) is 41.0 Å². The Morgan fingerprint density at radius 1 is 1.22 bits per heavy atom. The first kappa shape index (κ1) is 15.4. The highest BCUT2D eigenvalue weighted by Crippen LogP contribution is 2.10. The van der Waals surface area contributed by atoms with Crippen LogP contribution in [0.1, 0.15) is 13.0 Å². The fraction of sp³-hybridized carbons (Fsp3) is 0.467. The minimum Gasteiger partial charge on any atom is -0.338 e. The number of aromatic nitrogens is 4. The fourth-order valence-electron chi connectivity index (χ4n) is 2.61. The Hall–Kier alpha value is -2.48. The molecule has 8 heteroatoms. The van der Waals surface area contributed by atoms with Crippen LogP contribution in [0.15, 0.2) is 35.4 Å². The van der Waals surface area contributed by atoms with Crippen molar-refractivity contribution in [1.29, 1.82) is 0 Å². The van der Waals surface area contributed by atoms with Crippen LogP contribution in [-0.2, 0) is 4.79 Å². The van der Waals surface area contributed by atoms with Crippen molar-refractivity contribution in [2.45, 2.75) is 13.0 Å². The molecule has 1 fully saturated rings. The summed E-state index contributed by atoms with van der Waals surface area (Å²) in [4.78, 5) is 28.7. The van der Waals surface area contributed by atoms with Gasteiger partial charge in [-0.1, -0.05) is 0 Å². The molecule has 0 aliphatic carbocycles. The average Bonchev–Trinajstić information content (AvgIpc) is 3.09. The van der Waals surface area contributed by atoms with Crippen molar-refractivity contribution in [3.05, 3.63) is 40.9 Å². The molecule has 2 aromatic rings. The number of amides is 1. The van der Waals surface area contributed by atoms with Crippen LogP contribution in [0.4, 0.5) is 0 Å². The maximum atomic E-state index is 12.6. The molecule has 0 bridgehead atoms. The monoisotopic (exact) mass is 316 g/mol.